The number of aliphatic hydroxyl groups is 1. The van der Waals surface area contributed by atoms with E-state index < -0.39 is 0 Å². The van der Waals surface area contributed by atoms with Gasteiger partial charge in [0, 0.05) is 37.2 Å². The maximum Gasteiger partial charge on any atom is 0.251 e. The second kappa shape index (κ2) is 7.30. The van der Waals surface area contributed by atoms with E-state index in [0.717, 1.165) is 51.6 Å². The Hall–Kier alpha value is -1.62. The van der Waals surface area contributed by atoms with Crippen LogP contribution in [0.5, 0.6) is 0 Å². The number of nitrogens with one attached hydrogen (secondary N) is 1. The van der Waals surface area contributed by atoms with Gasteiger partial charge in [-0.05, 0) is 43.9 Å². The lowest BCUT2D eigenvalue weighted by Gasteiger charge is -2.31. The van der Waals surface area contributed by atoms with Crippen molar-refractivity contribution < 1.29 is 14.3 Å². The molecule has 0 radical (unpaired) electrons. The molecule has 2 fully saturated rings. The molecule has 2 atom stereocenters. The van der Waals surface area contributed by atoms with Gasteiger partial charge in [0.15, 0.2) is 0 Å². The van der Waals surface area contributed by atoms with E-state index in [2.05, 4.69) is 5.32 Å². The number of rotatable bonds is 4. The highest BCUT2D eigenvalue weighted by atomic mass is 19.1. The number of amides is 1. The highest BCUT2D eigenvalue weighted by molar-refractivity contribution is 5.94. The molecule has 1 aliphatic heterocycles. The van der Waals surface area contributed by atoms with Crippen molar-refractivity contribution in [2.24, 2.45) is 5.92 Å². The van der Waals surface area contributed by atoms with Crippen molar-refractivity contribution in [3.8, 4) is 0 Å². The number of hydrogen-bond donors (Lipinski definition) is 2. The number of halogens is 1. The van der Waals surface area contributed by atoms with E-state index in [1.54, 1.807) is 12.1 Å². The minimum atomic E-state index is -0.332. The van der Waals surface area contributed by atoms with Crippen LogP contribution in [0.3, 0.4) is 0 Å². The van der Waals surface area contributed by atoms with E-state index in [-0.39, 0.29) is 30.3 Å². The molecule has 1 saturated heterocycles. The largest absolute Gasteiger partial charge is 0.396 e. The van der Waals surface area contributed by atoms with Crippen molar-refractivity contribution in [1.82, 2.24) is 5.32 Å². The molecule has 1 aromatic carbocycles. The molecule has 2 aliphatic rings. The topological polar surface area (TPSA) is 52.6 Å². The zero-order valence-electron chi connectivity index (χ0n) is 13.4. The van der Waals surface area contributed by atoms with Crippen LogP contribution in [-0.2, 0) is 0 Å². The summed E-state index contributed by atoms with van der Waals surface area (Å²) in [5, 5.41) is 12.4. The Morgan fingerprint density at radius 1 is 1.22 bits per heavy atom. The van der Waals surface area contributed by atoms with Crippen molar-refractivity contribution in [1.29, 1.82) is 0 Å². The lowest BCUT2D eigenvalue weighted by molar-refractivity contribution is 0.0872. The van der Waals surface area contributed by atoms with Crippen LogP contribution in [0.2, 0.25) is 0 Å². The number of aliphatic hydroxyl groups excluding tert-OH is 1. The molecule has 23 heavy (non-hydrogen) atoms. The van der Waals surface area contributed by atoms with E-state index in [1.807, 2.05) is 4.90 Å². The van der Waals surface area contributed by atoms with E-state index in [4.69, 9.17) is 0 Å². The van der Waals surface area contributed by atoms with E-state index >= 15 is 0 Å². The summed E-state index contributed by atoms with van der Waals surface area (Å²) in [5.41, 5.74) is 0.942. The molecule has 3 rings (SSSR count). The van der Waals surface area contributed by atoms with Crippen LogP contribution in [0.15, 0.2) is 18.2 Å². The van der Waals surface area contributed by atoms with Crippen LogP contribution < -0.4 is 10.2 Å². The lowest BCUT2D eigenvalue weighted by Crippen LogP contribution is -2.43. The molecule has 5 heteroatoms. The number of hydrogen-bond acceptors (Lipinski definition) is 3. The third kappa shape index (κ3) is 3.66. The Bertz CT molecular complexity index is 558. The van der Waals surface area contributed by atoms with Crippen molar-refractivity contribution in [2.75, 3.05) is 24.6 Å². The summed E-state index contributed by atoms with van der Waals surface area (Å²) < 4.78 is 14.3. The molecule has 1 heterocycles. The zero-order valence-corrected chi connectivity index (χ0v) is 13.4. The SMILES string of the molecule is O=C(NC1CCCCC1CO)c1ccc(N2CCCC2)c(F)c1. The Labute approximate surface area is 136 Å². The monoisotopic (exact) mass is 320 g/mol. The van der Waals surface area contributed by atoms with E-state index in [0.29, 0.717) is 11.3 Å². The summed E-state index contributed by atoms with van der Waals surface area (Å²) in [5.74, 6) is -0.467. The maximum absolute atomic E-state index is 14.3. The van der Waals surface area contributed by atoms with Gasteiger partial charge >= 0.3 is 0 Å². The predicted octanol–water partition coefficient (Wildman–Crippen LogP) is 2.71. The first-order chi connectivity index (χ1) is 11.2. The van der Waals surface area contributed by atoms with Gasteiger partial charge in [0.25, 0.3) is 5.91 Å². The van der Waals surface area contributed by atoms with Crippen molar-refractivity contribution in [2.45, 2.75) is 44.6 Å². The third-order valence-corrected chi connectivity index (χ3v) is 5.12. The highest BCUT2D eigenvalue weighted by Gasteiger charge is 2.26. The van der Waals surface area contributed by atoms with Crippen LogP contribution in [0, 0.1) is 11.7 Å². The summed E-state index contributed by atoms with van der Waals surface area (Å²) in [6, 6.07) is 4.73. The van der Waals surface area contributed by atoms with Gasteiger partial charge in [0.2, 0.25) is 0 Å². The van der Waals surface area contributed by atoms with Crippen LogP contribution >= 0.6 is 0 Å². The Morgan fingerprint density at radius 2 is 1.96 bits per heavy atom. The van der Waals surface area contributed by atoms with Crippen LogP contribution in [0.1, 0.15) is 48.9 Å². The van der Waals surface area contributed by atoms with Gasteiger partial charge in [0.1, 0.15) is 5.82 Å². The van der Waals surface area contributed by atoms with Crippen LogP contribution in [0.4, 0.5) is 10.1 Å². The van der Waals surface area contributed by atoms with Gasteiger partial charge in [-0.15, -0.1) is 0 Å². The summed E-state index contributed by atoms with van der Waals surface area (Å²) in [6.45, 7) is 1.85. The molecule has 0 bridgehead atoms. The number of benzene rings is 1. The first kappa shape index (κ1) is 16.2. The molecular formula is C18H25FN2O2. The molecule has 0 spiro atoms. The molecule has 126 valence electrons. The Kier molecular flexibility index (Phi) is 5.16. The molecule has 0 aromatic heterocycles. The molecule has 1 aromatic rings. The molecule has 1 aliphatic carbocycles. The average Bonchev–Trinajstić information content (AvgIpc) is 3.09. The van der Waals surface area contributed by atoms with E-state index in [1.165, 1.54) is 6.07 Å². The zero-order chi connectivity index (χ0) is 16.2. The molecule has 2 N–H and O–H groups in total. The van der Waals surface area contributed by atoms with Crippen molar-refractivity contribution in [3.63, 3.8) is 0 Å². The smallest absolute Gasteiger partial charge is 0.251 e. The van der Waals surface area contributed by atoms with Crippen molar-refractivity contribution in [3.05, 3.63) is 29.6 Å². The Morgan fingerprint density at radius 3 is 2.65 bits per heavy atom. The van der Waals surface area contributed by atoms with Gasteiger partial charge < -0.3 is 15.3 Å². The normalized spacial score (nSPS) is 24.7. The third-order valence-electron chi connectivity index (χ3n) is 5.12. The maximum atomic E-state index is 14.3. The Balaban J connectivity index is 1.68. The van der Waals surface area contributed by atoms with Gasteiger partial charge in [-0.3, -0.25) is 4.79 Å². The quantitative estimate of drug-likeness (QED) is 0.897. The minimum absolute atomic E-state index is 0.0115. The molecule has 2 unspecified atom stereocenters. The molecule has 1 amide bonds. The standard InChI is InChI=1S/C18H25FN2O2/c19-15-11-13(7-8-17(15)21-9-3-4-10-21)18(23)20-16-6-2-1-5-14(16)12-22/h7-8,11,14,16,22H,1-6,9-10,12H2,(H,20,23). The summed E-state index contributed by atoms with van der Waals surface area (Å²) in [7, 11) is 0. The summed E-state index contributed by atoms with van der Waals surface area (Å²) in [6.07, 6.45) is 6.15. The lowest BCUT2D eigenvalue weighted by atomic mass is 9.85. The fraction of sp³-hybridized carbons (Fsp3) is 0.611. The van der Waals surface area contributed by atoms with Crippen molar-refractivity contribution >= 4 is 11.6 Å². The second-order valence-corrected chi connectivity index (χ2v) is 6.67. The molecular weight excluding hydrogens is 295 g/mol. The number of carbonyl (C=O) groups excluding carboxylic acids is 1. The summed E-state index contributed by atoms with van der Waals surface area (Å²) in [4.78, 5) is 14.4. The van der Waals surface area contributed by atoms with Gasteiger partial charge in [-0.2, -0.15) is 0 Å². The first-order valence-electron chi connectivity index (χ1n) is 8.65. The van der Waals surface area contributed by atoms with Gasteiger partial charge in [-0.1, -0.05) is 12.8 Å². The number of carbonyl (C=O) groups is 1. The van der Waals surface area contributed by atoms with Crippen LogP contribution in [-0.4, -0.2) is 36.8 Å². The number of nitrogens with zero attached hydrogens (tertiary/aromatic N) is 1. The second-order valence-electron chi connectivity index (χ2n) is 6.67. The number of anilines is 1. The summed E-state index contributed by atoms with van der Waals surface area (Å²) >= 11 is 0. The average molecular weight is 320 g/mol. The highest BCUT2D eigenvalue weighted by Crippen LogP contribution is 2.26. The van der Waals surface area contributed by atoms with Gasteiger partial charge in [0.05, 0.1) is 5.69 Å². The minimum Gasteiger partial charge on any atom is -0.396 e. The molecule has 4 nitrogen and oxygen atoms in total. The fourth-order valence-electron chi connectivity index (χ4n) is 3.73. The fourth-order valence-corrected chi connectivity index (χ4v) is 3.73. The molecule has 1 saturated carbocycles. The van der Waals surface area contributed by atoms with Gasteiger partial charge in [-0.25, -0.2) is 4.39 Å². The van der Waals surface area contributed by atoms with E-state index in [9.17, 15) is 14.3 Å². The first-order valence-corrected chi connectivity index (χ1v) is 8.65. The van der Waals surface area contributed by atoms with Crippen LogP contribution in [0.25, 0.3) is 0 Å². The predicted molar refractivity (Wildman–Crippen MR) is 88.1 cm³/mol.